The maximum absolute atomic E-state index is 11.0. The third kappa shape index (κ3) is 2.35. The van der Waals surface area contributed by atoms with E-state index in [4.69, 9.17) is 0 Å². The van der Waals surface area contributed by atoms with E-state index < -0.39 is 0 Å². The first-order valence-electron chi connectivity index (χ1n) is 3.68. The summed E-state index contributed by atoms with van der Waals surface area (Å²) in [6, 6.07) is -0.274. The molecule has 0 saturated carbocycles. The maximum atomic E-state index is 11.0. The number of rotatable bonds is 2. The van der Waals surface area contributed by atoms with Crippen molar-refractivity contribution in [2.75, 3.05) is 5.75 Å². The summed E-state index contributed by atoms with van der Waals surface area (Å²) in [6.07, 6.45) is 0. The van der Waals surface area contributed by atoms with Crippen LogP contribution in [0, 0.1) is 5.92 Å². The largest absolute Gasteiger partial charge is 0.393 e. The number of nitrogens with zero attached hydrogens (tertiary/aromatic N) is 1. The molecule has 0 radical (unpaired) electrons. The quantitative estimate of drug-likeness (QED) is 0.733. The van der Waals surface area contributed by atoms with Crippen molar-refractivity contribution >= 4 is 45.8 Å². The number of hydrogen-bond donors (Lipinski definition) is 0. The van der Waals surface area contributed by atoms with Gasteiger partial charge in [-0.2, -0.15) is 0 Å². The number of carbonyl (C=O) groups is 1. The fourth-order valence-corrected chi connectivity index (χ4v) is 2.25. The fraction of sp³-hybridized carbons (Fsp3) is 0.714. The third-order valence-corrected chi connectivity index (χ3v) is 3.30. The second-order valence-corrected chi connectivity index (χ2v) is 4.33. The van der Waals surface area contributed by atoms with Crippen LogP contribution in [-0.2, 0) is 7.86 Å². The van der Waals surface area contributed by atoms with E-state index in [-0.39, 0.29) is 12.0 Å². The minimum atomic E-state index is -0.274. The molecule has 0 aromatic heterocycles. The first-order chi connectivity index (χ1) is 5.65. The molecule has 1 atom stereocenters. The van der Waals surface area contributed by atoms with Gasteiger partial charge in [0.2, 0.25) is 0 Å². The van der Waals surface area contributed by atoms with Gasteiger partial charge < -0.3 is 3.07 Å². The highest BCUT2D eigenvalue weighted by Crippen LogP contribution is 2.24. The van der Waals surface area contributed by atoms with E-state index in [0.29, 0.717) is 5.92 Å². The van der Waals surface area contributed by atoms with Gasteiger partial charge in [0.05, 0.1) is 5.04 Å². The highest BCUT2D eigenvalue weighted by atomic mass is 127. The Bertz CT molecular complexity index is 217. The predicted octanol–water partition coefficient (Wildman–Crippen LogP) is 2.05. The number of thioether (sulfide) groups is 1. The summed E-state index contributed by atoms with van der Waals surface area (Å²) >= 11 is 3.25. The van der Waals surface area contributed by atoms with Crippen LogP contribution in [0.3, 0.4) is 0 Å². The van der Waals surface area contributed by atoms with Crippen LogP contribution >= 0.6 is 34.8 Å². The van der Waals surface area contributed by atoms with Crippen LogP contribution in [0.4, 0.5) is 0 Å². The van der Waals surface area contributed by atoms with Crippen LogP contribution in [0.1, 0.15) is 13.8 Å². The van der Waals surface area contributed by atoms with Crippen molar-refractivity contribution in [2.45, 2.75) is 19.9 Å². The molecule has 1 unspecified atom stereocenters. The van der Waals surface area contributed by atoms with E-state index >= 15 is 0 Å². The van der Waals surface area contributed by atoms with E-state index in [0.717, 1.165) is 10.8 Å². The van der Waals surface area contributed by atoms with Crippen molar-refractivity contribution in [3.8, 4) is 0 Å². The molecular weight excluding hydrogens is 289 g/mol. The molecule has 1 aliphatic heterocycles. The van der Waals surface area contributed by atoms with Gasteiger partial charge in [0.25, 0.3) is 0 Å². The lowest BCUT2D eigenvalue weighted by Gasteiger charge is -2.00. The molecule has 0 aliphatic carbocycles. The van der Waals surface area contributed by atoms with Crippen molar-refractivity contribution in [1.82, 2.24) is 0 Å². The highest BCUT2D eigenvalue weighted by molar-refractivity contribution is 14.1. The molecule has 0 aromatic carbocycles. The lowest BCUT2D eigenvalue weighted by molar-refractivity contribution is -0.132. The molecule has 0 fully saturated rings. The van der Waals surface area contributed by atoms with E-state index in [9.17, 15) is 4.79 Å². The Balaban J connectivity index is 2.58. The Morgan fingerprint density at radius 2 is 2.50 bits per heavy atom. The van der Waals surface area contributed by atoms with Gasteiger partial charge >= 0.3 is 5.97 Å². The van der Waals surface area contributed by atoms with Gasteiger partial charge in [-0.25, -0.2) is 4.79 Å². The Morgan fingerprint density at radius 3 is 2.92 bits per heavy atom. The van der Waals surface area contributed by atoms with Crippen molar-refractivity contribution in [2.24, 2.45) is 10.9 Å². The first kappa shape index (κ1) is 10.3. The topological polar surface area (TPSA) is 38.7 Å². The summed E-state index contributed by atoms with van der Waals surface area (Å²) < 4.78 is 4.57. The number of aliphatic imine (C=N–C) groups is 1. The van der Waals surface area contributed by atoms with Crippen LogP contribution in [-0.4, -0.2) is 22.8 Å². The molecule has 0 aromatic rings. The van der Waals surface area contributed by atoms with Gasteiger partial charge in [0.15, 0.2) is 29.0 Å². The third-order valence-electron chi connectivity index (χ3n) is 1.51. The van der Waals surface area contributed by atoms with Gasteiger partial charge in [-0.1, -0.05) is 13.8 Å². The minimum absolute atomic E-state index is 0.237. The molecule has 0 spiro atoms. The average Bonchev–Trinajstić information content (AvgIpc) is 2.51. The molecule has 1 rings (SSSR count). The summed E-state index contributed by atoms with van der Waals surface area (Å²) in [5.41, 5.74) is 0. The van der Waals surface area contributed by atoms with Crippen molar-refractivity contribution in [3.05, 3.63) is 0 Å². The number of hydrogen-bond acceptors (Lipinski definition) is 4. The van der Waals surface area contributed by atoms with E-state index in [1.807, 2.05) is 0 Å². The Kier molecular flexibility index (Phi) is 3.82. The highest BCUT2D eigenvalue weighted by Gasteiger charge is 2.26. The zero-order valence-electron chi connectivity index (χ0n) is 6.91. The number of halogens is 1. The second kappa shape index (κ2) is 4.45. The molecule has 3 nitrogen and oxygen atoms in total. The Labute approximate surface area is 90.0 Å². The number of carbonyl (C=O) groups excluding carboxylic acids is 1. The fourth-order valence-electron chi connectivity index (χ4n) is 0.880. The van der Waals surface area contributed by atoms with E-state index in [2.05, 4.69) is 21.9 Å². The summed E-state index contributed by atoms with van der Waals surface area (Å²) in [7, 11) is 0. The van der Waals surface area contributed by atoms with Gasteiger partial charge in [0, 0.05) is 11.7 Å². The SMILES string of the molecule is CC(C)C1=NC(C(=O)OI)CS1. The van der Waals surface area contributed by atoms with Crippen LogP contribution in [0.25, 0.3) is 0 Å². The molecule has 12 heavy (non-hydrogen) atoms. The standard InChI is InChI=1S/C7H10INO2S/c1-4(2)6-9-5(3-12-6)7(10)11-8/h4-5H,3H2,1-2H3. The average molecular weight is 299 g/mol. The van der Waals surface area contributed by atoms with Crippen molar-refractivity contribution < 1.29 is 7.86 Å². The second-order valence-electron chi connectivity index (χ2n) is 2.85. The van der Waals surface area contributed by atoms with Gasteiger partial charge in [0.1, 0.15) is 0 Å². The van der Waals surface area contributed by atoms with Crippen molar-refractivity contribution in [1.29, 1.82) is 0 Å². The van der Waals surface area contributed by atoms with Crippen LogP contribution < -0.4 is 0 Å². The smallest absolute Gasteiger partial charge is 0.341 e. The van der Waals surface area contributed by atoms with E-state index in [1.54, 1.807) is 34.8 Å². The molecule has 0 amide bonds. The normalized spacial score (nSPS) is 22.7. The Hall–Kier alpha value is 0.220. The summed E-state index contributed by atoms with van der Waals surface area (Å²) in [5, 5.41) is 1.06. The maximum Gasteiger partial charge on any atom is 0.341 e. The zero-order valence-corrected chi connectivity index (χ0v) is 9.89. The van der Waals surface area contributed by atoms with E-state index in [1.165, 1.54) is 0 Å². The monoisotopic (exact) mass is 299 g/mol. The van der Waals surface area contributed by atoms with Gasteiger partial charge in [-0.3, -0.25) is 4.99 Å². The zero-order chi connectivity index (χ0) is 9.14. The van der Waals surface area contributed by atoms with Crippen LogP contribution in [0.15, 0.2) is 4.99 Å². The lowest BCUT2D eigenvalue weighted by Crippen LogP contribution is -2.18. The van der Waals surface area contributed by atoms with Crippen LogP contribution in [0.5, 0.6) is 0 Å². The molecule has 0 bridgehead atoms. The predicted molar refractivity (Wildman–Crippen MR) is 58.6 cm³/mol. The van der Waals surface area contributed by atoms with Crippen molar-refractivity contribution in [3.63, 3.8) is 0 Å². The summed E-state index contributed by atoms with van der Waals surface area (Å²) in [5.74, 6) is 0.913. The summed E-state index contributed by atoms with van der Waals surface area (Å²) in [6.45, 7) is 4.15. The lowest BCUT2D eigenvalue weighted by atomic mass is 10.2. The van der Waals surface area contributed by atoms with Gasteiger partial charge in [-0.05, 0) is 0 Å². The molecule has 0 saturated heterocycles. The molecule has 1 aliphatic rings. The molecule has 0 N–H and O–H groups in total. The Morgan fingerprint density at radius 1 is 1.83 bits per heavy atom. The summed E-state index contributed by atoms with van der Waals surface area (Å²) in [4.78, 5) is 15.3. The molecule has 5 heteroatoms. The molecular formula is C7H10INO2S. The van der Waals surface area contributed by atoms with Crippen LogP contribution in [0.2, 0.25) is 0 Å². The molecule has 1 heterocycles. The van der Waals surface area contributed by atoms with Gasteiger partial charge in [-0.15, -0.1) is 11.8 Å². The minimum Gasteiger partial charge on any atom is -0.393 e. The molecule has 68 valence electrons. The first-order valence-corrected chi connectivity index (χ1v) is 5.54.